The standard InChI is InChI=1S/C11H10Cl2N4O/c1-6-2-10(17-16-6)15-11(18)14-9-4-7(12)3-8(13)5-9/h2-5H,1H3,(H3,14,15,16,17,18). The molecule has 1 aromatic heterocycles. The number of aromatic nitrogens is 2. The fourth-order valence-electron chi connectivity index (χ4n) is 1.39. The van der Waals surface area contributed by atoms with Gasteiger partial charge in [0.2, 0.25) is 0 Å². The van der Waals surface area contributed by atoms with Gasteiger partial charge in [0.15, 0.2) is 5.82 Å². The number of anilines is 2. The van der Waals surface area contributed by atoms with Crippen molar-refractivity contribution in [1.82, 2.24) is 10.2 Å². The zero-order valence-electron chi connectivity index (χ0n) is 9.42. The first kappa shape index (κ1) is 12.7. The molecule has 18 heavy (non-hydrogen) atoms. The molecule has 1 heterocycles. The highest BCUT2D eigenvalue weighted by Gasteiger charge is 2.06. The van der Waals surface area contributed by atoms with Gasteiger partial charge in [-0.15, -0.1) is 0 Å². The minimum atomic E-state index is -0.417. The van der Waals surface area contributed by atoms with Crippen LogP contribution in [0.5, 0.6) is 0 Å². The quantitative estimate of drug-likeness (QED) is 0.787. The number of carbonyl (C=O) groups is 1. The lowest BCUT2D eigenvalue weighted by Gasteiger charge is -2.06. The van der Waals surface area contributed by atoms with E-state index in [1.54, 1.807) is 24.3 Å². The van der Waals surface area contributed by atoms with Gasteiger partial charge in [-0.05, 0) is 25.1 Å². The molecule has 0 saturated carbocycles. The number of nitrogens with zero attached hydrogens (tertiary/aromatic N) is 1. The van der Waals surface area contributed by atoms with Crippen molar-refractivity contribution < 1.29 is 4.79 Å². The summed E-state index contributed by atoms with van der Waals surface area (Å²) in [5.41, 5.74) is 1.37. The van der Waals surface area contributed by atoms with Crippen molar-refractivity contribution in [3.05, 3.63) is 40.0 Å². The molecule has 0 atom stereocenters. The fraction of sp³-hybridized carbons (Fsp3) is 0.0909. The summed E-state index contributed by atoms with van der Waals surface area (Å²) >= 11 is 11.6. The molecule has 0 fully saturated rings. The minimum Gasteiger partial charge on any atom is -0.308 e. The molecule has 7 heteroatoms. The maximum Gasteiger partial charge on any atom is 0.324 e. The number of aromatic amines is 1. The van der Waals surface area contributed by atoms with E-state index in [1.165, 1.54) is 0 Å². The molecular weight excluding hydrogens is 275 g/mol. The summed E-state index contributed by atoms with van der Waals surface area (Å²) in [4.78, 5) is 11.7. The molecule has 0 aliphatic rings. The van der Waals surface area contributed by atoms with Crippen LogP contribution in [0.4, 0.5) is 16.3 Å². The number of hydrogen-bond donors (Lipinski definition) is 3. The lowest BCUT2D eigenvalue weighted by molar-refractivity contribution is 0.262. The first-order valence-corrected chi connectivity index (χ1v) is 5.84. The monoisotopic (exact) mass is 284 g/mol. The summed E-state index contributed by atoms with van der Waals surface area (Å²) in [6.45, 7) is 1.84. The Balaban J connectivity index is 2.02. The molecule has 0 saturated heterocycles. The van der Waals surface area contributed by atoms with Gasteiger partial charge in [0, 0.05) is 27.5 Å². The molecule has 1 aromatic carbocycles. The number of aryl methyl sites for hydroxylation is 1. The van der Waals surface area contributed by atoms with Crippen LogP contribution in [0.25, 0.3) is 0 Å². The van der Waals surface area contributed by atoms with Gasteiger partial charge < -0.3 is 5.32 Å². The van der Waals surface area contributed by atoms with E-state index in [1.807, 2.05) is 6.92 Å². The fourth-order valence-corrected chi connectivity index (χ4v) is 1.91. The van der Waals surface area contributed by atoms with E-state index >= 15 is 0 Å². The Morgan fingerprint density at radius 3 is 2.39 bits per heavy atom. The smallest absolute Gasteiger partial charge is 0.308 e. The summed E-state index contributed by atoms with van der Waals surface area (Å²) < 4.78 is 0. The van der Waals surface area contributed by atoms with Crippen LogP contribution in [0, 0.1) is 6.92 Å². The van der Waals surface area contributed by atoms with E-state index in [0.717, 1.165) is 5.69 Å². The van der Waals surface area contributed by atoms with Gasteiger partial charge in [-0.1, -0.05) is 23.2 Å². The molecule has 0 radical (unpaired) electrons. The molecule has 2 aromatic rings. The van der Waals surface area contributed by atoms with Crippen molar-refractivity contribution in [3.8, 4) is 0 Å². The van der Waals surface area contributed by atoms with Crippen LogP contribution in [0.1, 0.15) is 5.69 Å². The molecule has 0 aliphatic carbocycles. The maximum atomic E-state index is 11.7. The number of hydrogen-bond acceptors (Lipinski definition) is 2. The number of halogens is 2. The van der Waals surface area contributed by atoms with Crippen LogP contribution in [0.15, 0.2) is 24.3 Å². The number of H-pyrrole nitrogens is 1. The Labute approximate surface area is 113 Å². The Hall–Kier alpha value is -1.72. The molecule has 94 valence electrons. The van der Waals surface area contributed by atoms with E-state index in [-0.39, 0.29) is 0 Å². The van der Waals surface area contributed by atoms with Crippen molar-refractivity contribution in [1.29, 1.82) is 0 Å². The van der Waals surface area contributed by atoms with Crippen LogP contribution in [0.2, 0.25) is 10.0 Å². The molecule has 5 nitrogen and oxygen atoms in total. The van der Waals surface area contributed by atoms with Crippen molar-refractivity contribution >= 4 is 40.7 Å². The van der Waals surface area contributed by atoms with Crippen molar-refractivity contribution in [2.75, 3.05) is 10.6 Å². The second-order valence-electron chi connectivity index (χ2n) is 3.67. The molecule has 0 spiro atoms. The first-order chi connectivity index (χ1) is 8.52. The highest BCUT2D eigenvalue weighted by atomic mass is 35.5. The van der Waals surface area contributed by atoms with Gasteiger partial charge in [-0.3, -0.25) is 10.4 Å². The molecule has 0 aliphatic heterocycles. The van der Waals surface area contributed by atoms with Crippen LogP contribution in [0.3, 0.4) is 0 Å². The summed E-state index contributed by atoms with van der Waals surface area (Å²) in [5.74, 6) is 0.443. The largest absolute Gasteiger partial charge is 0.324 e. The molecule has 3 N–H and O–H groups in total. The summed E-state index contributed by atoms with van der Waals surface area (Å²) in [6, 6.07) is 6.08. The van der Waals surface area contributed by atoms with E-state index in [2.05, 4.69) is 20.8 Å². The highest BCUT2D eigenvalue weighted by molar-refractivity contribution is 6.35. The Bertz CT molecular complexity index is 562. The summed E-state index contributed by atoms with van der Waals surface area (Å²) in [7, 11) is 0. The average molecular weight is 285 g/mol. The zero-order valence-corrected chi connectivity index (χ0v) is 10.9. The molecule has 2 rings (SSSR count). The van der Waals surface area contributed by atoms with Gasteiger partial charge >= 0.3 is 6.03 Å². The number of nitrogens with one attached hydrogen (secondary N) is 3. The third-order valence-corrected chi connectivity index (χ3v) is 2.50. The Kier molecular flexibility index (Phi) is 3.74. The predicted octanol–water partition coefficient (Wildman–Crippen LogP) is 3.67. The van der Waals surface area contributed by atoms with Crippen LogP contribution >= 0.6 is 23.2 Å². The van der Waals surface area contributed by atoms with Gasteiger partial charge in [-0.25, -0.2) is 4.79 Å². The van der Waals surface area contributed by atoms with Gasteiger partial charge in [0.05, 0.1) is 0 Å². The van der Waals surface area contributed by atoms with Crippen molar-refractivity contribution in [3.63, 3.8) is 0 Å². The SMILES string of the molecule is Cc1cc(NC(=O)Nc2cc(Cl)cc(Cl)c2)n[nH]1. The van der Waals surface area contributed by atoms with E-state index in [4.69, 9.17) is 23.2 Å². The number of benzene rings is 1. The van der Waals surface area contributed by atoms with Crippen molar-refractivity contribution in [2.24, 2.45) is 0 Å². The predicted molar refractivity (Wildman–Crippen MR) is 72.4 cm³/mol. The van der Waals surface area contributed by atoms with E-state index in [9.17, 15) is 4.79 Å². The summed E-state index contributed by atoms with van der Waals surface area (Å²) in [5, 5.41) is 12.7. The Morgan fingerprint density at radius 2 is 1.83 bits per heavy atom. The summed E-state index contributed by atoms with van der Waals surface area (Å²) in [6.07, 6.45) is 0. The lowest BCUT2D eigenvalue weighted by Crippen LogP contribution is -2.19. The second kappa shape index (κ2) is 5.29. The minimum absolute atomic E-state index is 0.417. The first-order valence-electron chi connectivity index (χ1n) is 5.09. The third-order valence-electron chi connectivity index (χ3n) is 2.07. The molecule has 0 unspecified atom stereocenters. The van der Waals surface area contributed by atoms with Crippen LogP contribution in [-0.2, 0) is 0 Å². The second-order valence-corrected chi connectivity index (χ2v) is 4.55. The normalized spacial score (nSPS) is 10.2. The number of urea groups is 1. The number of rotatable bonds is 2. The molecule has 0 bridgehead atoms. The topological polar surface area (TPSA) is 69.8 Å². The molecular formula is C11H10Cl2N4O. The van der Waals surface area contributed by atoms with Crippen molar-refractivity contribution in [2.45, 2.75) is 6.92 Å². The van der Waals surface area contributed by atoms with Gasteiger partial charge in [0.1, 0.15) is 0 Å². The van der Waals surface area contributed by atoms with Crippen LogP contribution in [-0.4, -0.2) is 16.2 Å². The van der Waals surface area contributed by atoms with E-state index in [0.29, 0.717) is 21.6 Å². The van der Waals surface area contributed by atoms with Crippen LogP contribution < -0.4 is 10.6 Å². The Morgan fingerprint density at radius 1 is 1.17 bits per heavy atom. The average Bonchev–Trinajstić information content (AvgIpc) is 2.61. The lowest BCUT2D eigenvalue weighted by atomic mass is 10.3. The zero-order chi connectivity index (χ0) is 13.1. The van der Waals surface area contributed by atoms with Gasteiger partial charge in [0.25, 0.3) is 0 Å². The molecule has 2 amide bonds. The number of carbonyl (C=O) groups excluding carboxylic acids is 1. The third kappa shape index (κ3) is 3.38. The highest BCUT2D eigenvalue weighted by Crippen LogP contribution is 2.22. The van der Waals surface area contributed by atoms with Gasteiger partial charge in [-0.2, -0.15) is 5.10 Å². The van der Waals surface area contributed by atoms with E-state index < -0.39 is 6.03 Å². The number of amides is 2. The maximum absolute atomic E-state index is 11.7.